The van der Waals surface area contributed by atoms with Gasteiger partial charge in [0.05, 0.1) is 17.8 Å². The van der Waals surface area contributed by atoms with Gasteiger partial charge in [0, 0.05) is 30.4 Å². The van der Waals surface area contributed by atoms with Gasteiger partial charge in [0.2, 0.25) is 5.91 Å². The molecule has 10 nitrogen and oxygen atoms in total. The van der Waals surface area contributed by atoms with Gasteiger partial charge in [0.1, 0.15) is 11.5 Å². The first-order valence-corrected chi connectivity index (χ1v) is 10.9. The fourth-order valence-corrected chi connectivity index (χ4v) is 3.72. The van der Waals surface area contributed by atoms with Crippen molar-refractivity contribution in [3.05, 3.63) is 77.1 Å². The Kier molecular flexibility index (Phi) is 8.03. The molecule has 1 heterocycles. The Morgan fingerprint density at radius 1 is 1.27 bits per heavy atom. The van der Waals surface area contributed by atoms with Gasteiger partial charge in [-0.25, -0.2) is 0 Å². The van der Waals surface area contributed by atoms with E-state index >= 15 is 0 Å². The van der Waals surface area contributed by atoms with Gasteiger partial charge in [-0.2, -0.15) is 0 Å². The van der Waals surface area contributed by atoms with Gasteiger partial charge in [-0.15, -0.1) is 16.8 Å². The van der Waals surface area contributed by atoms with Crippen molar-refractivity contribution in [1.29, 1.82) is 0 Å². The van der Waals surface area contributed by atoms with E-state index in [2.05, 4.69) is 22.1 Å². The van der Waals surface area contributed by atoms with E-state index in [4.69, 9.17) is 9.47 Å². The number of rotatable bonds is 11. The topological polar surface area (TPSA) is 121 Å². The number of hydrogen-bond acceptors (Lipinski definition) is 8. The summed E-state index contributed by atoms with van der Waals surface area (Å²) >= 11 is 1.20. The number of aromatic nitrogens is 3. The van der Waals surface area contributed by atoms with Gasteiger partial charge in [-0.3, -0.25) is 19.5 Å². The molecule has 11 heteroatoms. The van der Waals surface area contributed by atoms with E-state index in [0.717, 1.165) is 0 Å². The molecule has 0 fully saturated rings. The fraction of sp³-hybridized carbons (Fsp3) is 0.227. The summed E-state index contributed by atoms with van der Waals surface area (Å²) in [6.45, 7) is 6.07. The molecule has 172 valence electrons. The number of anilines is 1. The molecule has 0 aliphatic carbocycles. The Bertz CT molecular complexity index is 1150. The second kappa shape index (κ2) is 11.1. The lowest BCUT2D eigenvalue weighted by Crippen LogP contribution is -2.15. The van der Waals surface area contributed by atoms with E-state index in [1.807, 2.05) is 29.7 Å². The summed E-state index contributed by atoms with van der Waals surface area (Å²) in [6.07, 6.45) is 1.29. The SMILES string of the molecule is C=CCn1c(SCC(=O)Nc2cccc([N+](=O)[O-])c2)nnc1C(C)Oc1cccc(OC)c1. The quantitative estimate of drug-likeness (QED) is 0.191. The van der Waals surface area contributed by atoms with Crippen molar-refractivity contribution in [1.82, 2.24) is 14.8 Å². The lowest BCUT2D eigenvalue weighted by atomic mass is 10.3. The molecule has 2 aromatic carbocycles. The first-order valence-electron chi connectivity index (χ1n) is 9.93. The van der Waals surface area contributed by atoms with Crippen molar-refractivity contribution in [2.24, 2.45) is 0 Å². The molecular formula is C22H23N5O5S. The summed E-state index contributed by atoms with van der Waals surface area (Å²) in [6, 6.07) is 13.0. The van der Waals surface area contributed by atoms with Crippen LogP contribution < -0.4 is 14.8 Å². The number of nitro benzene ring substituents is 1. The number of ether oxygens (including phenoxy) is 2. The van der Waals surface area contributed by atoms with Gasteiger partial charge >= 0.3 is 0 Å². The summed E-state index contributed by atoms with van der Waals surface area (Å²) in [4.78, 5) is 22.7. The molecule has 3 aromatic rings. The molecule has 3 rings (SSSR count). The number of non-ortho nitro benzene ring substituents is 1. The molecule has 0 aliphatic heterocycles. The Morgan fingerprint density at radius 2 is 2.03 bits per heavy atom. The molecule has 33 heavy (non-hydrogen) atoms. The van der Waals surface area contributed by atoms with Gasteiger partial charge in [-0.05, 0) is 25.1 Å². The van der Waals surface area contributed by atoms with Crippen molar-refractivity contribution < 1.29 is 19.2 Å². The predicted octanol–water partition coefficient (Wildman–Crippen LogP) is 4.25. The predicted molar refractivity (Wildman–Crippen MR) is 125 cm³/mol. The van der Waals surface area contributed by atoms with Crippen LogP contribution in [0.2, 0.25) is 0 Å². The average molecular weight is 470 g/mol. The highest BCUT2D eigenvalue weighted by Crippen LogP contribution is 2.27. The highest BCUT2D eigenvalue weighted by molar-refractivity contribution is 7.99. The van der Waals surface area contributed by atoms with Gasteiger partial charge in [-0.1, -0.05) is 30.0 Å². The number of allylic oxidation sites excluding steroid dienone is 1. The largest absolute Gasteiger partial charge is 0.497 e. The number of nitro groups is 1. The third kappa shape index (κ3) is 6.32. The second-order valence-electron chi connectivity index (χ2n) is 6.82. The lowest BCUT2D eigenvalue weighted by molar-refractivity contribution is -0.384. The molecule has 1 amide bonds. The summed E-state index contributed by atoms with van der Waals surface area (Å²) < 4.78 is 13.0. The molecular weight excluding hydrogens is 446 g/mol. The highest BCUT2D eigenvalue weighted by atomic mass is 32.2. The van der Waals surface area contributed by atoms with Crippen LogP contribution in [0.3, 0.4) is 0 Å². The number of nitrogens with zero attached hydrogens (tertiary/aromatic N) is 4. The molecule has 1 atom stereocenters. The number of benzene rings is 2. The van der Waals surface area contributed by atoms with Crippen LogP contribution in [0.1, 0.15) is 18.9 Å². The molecule has 1 unspecified atom stereocenters. The minimum Gasteiger partial charge on any atom is -0.497 e. The summed E-state index contributed by atoms with van der Waals surface area (Å²) in [7, 11) is 1.59. The maximum absolute atomic E-state index is 12.4. The van der Waals surface area contributed by atoms with Crippen LogP contribution in [0.25, 0.3) is 0 Å². The normalized spacial score (nSPS) is 11.5. The second-order valence-corrected chi connectivity index (χ2v) is 7.77. The zero-order valence-electron chi connectivity index (χ0n) is 18.1. The van der Waals surface area contributed by atoms with E-state index in [1.54, 1.807) is 25.3 Å². The van der Waals surface area contributed by atoms with Crippen molar-refractivity contribution in [3.63, 3.8) is 0 Å². The first-order chi connectivity index (χ1) is 15.9. The van der Waals surface area contributed by atoms with Crippen molar-refractivity contribution >= 4 is 29.0 Å². The molecule has 1 aromatic heterocycles. The minimum atomic E-state index is -0.515. The van der Waals surface area contributed by atoms with Crippen molar-refractivity contribution in [3.8, 4) is 11.5 Å². The molecule has 0 bridgehead atoms. The van der Waals surface area contributed by atoms with Crippen molar-refractivity contribution in [2.75, 3.05) is 18.2 Å². The molecule has 0 aliphatic rings. The lowest BCUT2D eigenvalue weighted by Gasteiger charge is -2.16. The monoisotopic (exact) mass is 469 g/mol. The van der Waals surface area contributed by atoms with E-state index < -0.39 is 11.0 Å². The summed E-state index contributed by atoms with van der Waals surface area (Å²) in [5, 5.41) is 22.5. The fourth-order valence-electron chi connectivity index (χ4n) is 2.96. The van der Waals surface area contributed by atoms with Gasteiger partial charge < -0.3 is 14.8 Å². The van der Waals surface area contributed by atoms with Gasteiger partial charge in [0.15, 0.2) is 17.1 Å². The summed E-state index contributed by atoms with van der Waals surface area (Å²) in [5.41, 5.74) is 0.254. The van der Waals surface area contributed by atoms with E-state index in [1.165, 1.54) is 30.0 Å². The number of methoxy groups -OCH3 is 1. The van der Waals surface area contributed by atoms with Crippen LogP contribution in [-0.4, -0.2) is 38.5 Å². The maximum Gasteiger partial charge on any atom is 0.271 e. The van der Waals surface area contributed by atoms with Crippen LogP contribution in [0, 0.1) is 10.1 Å². The van der Waals surface area contributed by atoms with E-state index in [0.29, 0.717) is 34.7 Å². The Labute approximate surface area is 194 Å². The van der Waals surface area contributed by atoms with Crippen LogP contribution >= 0.6 is 11.8 Å². The zero-order chi connectivity index (χ0) is 23.8. The molecule has 0 saturated heterocycles. The third-order valence-electron chi connectivity index (χ3n) is 4.45. The number of hydrogen-bond donors (Lipinski definition) is 1. The molecule has 1 N–H and O–H groups in total. The van der Waals surface area contributed by atoms with Gasteiger partial charge in [0.25, 0.3) is 5.69 Å². The maximum atomic E-state index is 12.4. The molecule has 0 saturated carbocycles. The zero-order valence-corrected chi connectivity index (χ0v) is 18.9. The minimum absolute atomic E-state index is 0.0447. The van der Waals surface area contributed by atoms with E-state index in [-0.39, 0.29) is 17.3 Å². The number of nitrogens with one attached hydrogen (secondary N) is 1. The Balaban J connectivity index is 1.67. The first kappa shape index (κ1) is 23.8. The average Bonchev–Trinajstić information content (AvgIpc) is 3.21. The van der Waals surface area contributed by atoms with Crippen LogP contribution in [0.5, 0.6) is 11.5 Å². The number of amides is 1. The standard InChI is InChI=1S/C22H23N5O5S/c1-4-11-26-21(15(2)32-19-10-6-9-18(13-19)31-3)24-25-22(26)33-14-20(28)23-16-7-5-8-17(12-16)27(29)30/h4-10,12-13,15H,1,11,14H2,2-3H3,(H,23,28). The van der Waals surface area contributed by atoms with Crippen LogP contribution in [0.15, 0.2) is 66.3 Å². The van der Waals surface area contributed by atoms with Crippen LogP contribution in [0.4, 0.5) is 11.4 Å². The Morgan fingerprint density at radius 3 is 2.76 bits per heavy atom. The molecule has 0 spiro atoms. The van der Waals surface area contributed by atoms with Crippen LogP contribution in [-0.2, 0) is 11.3 Å². The number of thioether (sulfide) groups is 1. The number of carbonyl (C=O) groups is 1. The number of carbonyl (C=O) groups excluding carboxylic acids is 1. The smallest absolute Gasteiger partial charge is 0.271 e. The summed E-state index contributed by atoms with van der Waals surface area (Å²) in [5.74, 6) is 1.61. The molecule has 0 radical (unpaired) electrons. The Hall–Kier alpha value is -3.86. The van der Waals surface area contributed by atoms with Crippen molar-refractivity contribution in [2.45, 2.75) is 24.7 Å². The van der Waals surface area contributed by atoms with E-state index in [9.17, 15) is 14.9 Å². The highest BCUT2D eigenvalue weighted by Gasteiger charge is 2.20. The third-order valence-corrected chi connectivity index (χ3v) is 5.41.